The molecule has 0 unspecified atom stereocenters. The van der Waals surface area contributed by atoms with Crippen molar-refractivity contribution in [2.24, 2.45) is 12.5 Å². The quantitative estimate of drug-likeness (QED) is 0.799. The van der Waals surface area contributed by atoms with Crippen LogP contribution in [0.25, 0.3) is 0 Å². The number of hydrogen-bond acceptors (Lipinski definition) is 3. The van der Waals surface area contributed by atoms with E-state index in [-0.39, 0.29) is 5.92 Å². The molecule has 0 bridgehead atoms. The number of hydrogen-bond donors (Lipinski definition) is 0. The number of aryl methyl sites for hydroxylation is 1. The molecule has 1 aromatic heterocycles. The van der Waals surface area contributed by atoms with Crippen LogP contribution in [0.3, 0.4) is 0 Å². The summed E-state index contributed by atoms with van der Waals surface area (Å²) in [6.45, 7) is 2.44. The lowest BCUT2D eigenvalue weighted by atomic mass is 9.83. The Bertz CT molecular complexity index is 601. The van der Waals surface area contributed by atoms with Gasteiger partial charge in [0.05, 0.1) is 0 Å². The highest BCUT2D eigenvalue weighted by molar-refractivity contribution is 8.00. The van der Waals surface area contributed by atoms with E-state index >= 15 is 0 Å². The van der Waals surface area contributed by atoms with Crippen LogP contribution < -0.4 is 0 Å². The summed E-state index contributed by atoms with van der Waals surface area (Å²) in [5.41, 5.74) is 0.575. The number of alkyl halides is 3. The third-order valence-corrected chi connectivity index (χ3v) is 7.76. The van der Waals surface area contributed by atoms with Gasteiger partial charge in [0.2, 0.25) is 0 Å². The van der Waals surface area contributed by atoms with Crippen LogP contribution in [-0.2, 0) is 13.2 Å². The van der Waals surface area contributed by atoms with Gasteiger partial charge >= 0.3 is 6.18 Å². The van der Waals surface area contributed by atoms with E-state index in [4.69, 9.17) is 0 Å². The first-order valence-corrected chi connectivity index (χ1v) is 9.95. The van der Waals surface area contributed by atoms with Gasteiger partial charge in [-0.2, -0.15) is 30.0 Å². The molecule has 1 aliphatic carbocycles. The van der Waals surface area contributed by atoms with Crippen LogP contribution in [0.5, 0.6) is 0 Å². The molecule has 0 N–H and O–H groups in total. The van der Waals surface area contributed by atoms with Crippen LogP contribution in [0.4, 0.5) is 13.2 Å². The molecule has 134 valence electrons. The van der Waals surface area contributed by atoms with Gasteiger partial charge in [-0.1, -0.05) is 0 Å². The third-order valence-electron chi connectivity index (χ3n) is 6.12. The van der Waals surface area contributed by atoms with Crippen molar-refractivity contribution in [3.8, 4) is 0 Å². The summed E-state index contributed by atoms with van der Waals surface area (Å²) < 4.78 is 40.0. The molecule has 0 aromatic carbocycles. The first kappa shape index (κ1) is 16.8. The Labute approximate surface area is 145 Å². The Morgan fingerprint density at radius 1 is 1.21 bits per heavy atom. The molecular weight excluding hydrogens is 335 g/mol. The van der Waals surface area contributed by atoms with Gasteiger partial charge in [-0.15, -0.1) is 0 Å². The zero-order chi connectivity index (χ0) is 16.9. The van der Waals surface area contributed by atoms with Gasteiger partial charge in [-0.25, -0.2) is 0 Å². The van der Waals surface area contributed by atoms with E-state index in [2.05, 4.69) is 21.8 Å². The van der Waals surface area contributed by atoms with E-state index in [1.165, 1.54) is 41.8 Å². The first-order valence-electron chi connectivity index (χ1n) is 8.79. The van der Waals surface area contributed by atoms with Crippen molar-refractivity contribution in [3.63, 3.8) is 0 Å². The van der Waals surface area contributed by atoms with Crippen molar-refractivity contribution < 1.29 is 13.2 Å². The van der Waals surface area contributed by atoms with E-state index in [9.17, 15) is 13.2 Å². The second-order valence-electron chi connectivity index (χ2n) is 7.79. The molecule has 3 aliphatic rings. The highest BCUT2D eigenvalue weighted by Crippen LogP contribution is 2.47. The predicted octanol–water partition coefficient (Wildman–Crippen LogP) is 3.90. The summed E-state index contributed by atoms with van der Waals surface area (Å²) in [6, 6.07) is 1.88. The van der Waals surface area contributed by atoms with Crippen LogP contribution >= 0.6 is 11.8 Å². The average Bonchev–Trinajstić information content (AvgIpc) is 3.11. The fourth-order valence-electron chi connectivity index (χ4n) is 4.65. The van der Waals surface area contributed by atoms with Gasteiger partial charge in [0, 0.05) is 48.2 Å². The van der Waals surface area contributed by atoms with Gasteiger partial charge in [-0.05, 0) is 44.7 Å². The minimum absolute atomic E-state index is 0.214. The minimum Gasteiger partial charge on any atom is -0.300 e. The van der Waals surface area contributed by atoms with Crippen molar-refractivity contribution in [1.29, 1.82) is 0 Å². The first-order chi connectivity index (χ1) is 11.4. The van der Waals surface area contributed by atoms with Gasteiger partial charge in [0.1, 0.15) is 0 Å². The van der Waals surface area contributed by atoms with E-state index in [1.807, 2.05) is 0 Å². The lowest BCUT2D eigenvalue weighted by Gasteiger charge is -2.40. The number of thioether (sulfide) groups is 1. The maximum atomic E-state index is 12.8. The molecule has 3 heterocycles. The van der Waals surface area contributed by atoms with Crippen LogP contribution in [0.1, 0.15) is 49.4 Å². The average molecular weight is 359 g/mol. The van der Waals surface area contributed by atoms with Crippen LogP contribution in [-0.4, -0.2) is 45.3 Å². The zero-order valence-electron chi connectivity index (χ0n) is 14.0. The summed E-state index contributed by atoms with van der Waals surface area (Å²) in [4.78, 5) is 2.65. The highest BCUT2D eigenvalue weighted by atomic mass is 32.2. The zero-order valence-corrected chi connectivity index (χ0v) is 14.8. The molecule has 1 saturated carbocycles. The fraction of sp³-hybridized carbons (Fsp3) is 0.824. The number of halogens is 3. The number of rotatable bonds is 2. The Balaban J connectivity index is 1.37. The molecule has 1 spiro atoms. The number of nitrogens with zero attached hydrogens (tertiary/aromatic N) is 3. The standard InChI is InChI=1S/C17H24F3N3S/c1-22-14(8-15(21-22)17(18,19)20)12-2-4-13(5-3-12)23-7-6-16(9-23)10-24-11-16/h8,12-13H,2-7,9-11H2,1H3. The van der Waals surface area contributed by atoms with Crippen LogP contribution in [0, 0.1) is 5.41 Å². The van der Waals surface area contributed by atoms with E-state index < -0.39 is 11.9 Å². The van der Waals surface area contributed by atoms with Crippen molar-refractivity contribution in [2.45, 2.75) is 50.2 Å². The molecular formula is C17H24F3N3S. The third kappa shape index (κ3) is 2.98. The van der Waals surface area contributed by atoms with E-state index in [0.717, 1.165) is 31.4 Å². The molecule has 7 heteroatoms. The lowest BCUT2D eigenvalue weighted by Crippen LogP contribution is -2.42. The van der Waals surface area contributed by atoms with Crippen LogP contribution in [0.2, 0.25) is 0 Å². The summed E-state index contributed by atoms with van der Waals surface area (Å²) in [6.07, 6.45) is 1.12. The van der Waals surface area contributed by atoms with E-state index in [1.54, 1.807) is 7.05 Å². The van der Waals surface area contributed by atoms with Crippen molar-refractivity contribution in [2.75, 3.05) is 24.6 Å². The summed E-state index contributed by atoms with van der Waals surface area (Å²) in [5.74, 6) is 2.84. The Hall–Kier alpha value is -0.690. The number of aromatic nitrogens is 2. The predicted molar refractivity (Wildman–Crippen MR) is 89.2 cm³/mol. The fourth-order valence-corrected chi connectivity index (χ4v) is 5.90. The van der Waals surface area contributed by atoms with E-state index in [0.29, 0.717) is 11.5 Å². The second kappa shape index (κ2) is 5.94. The Kier molecular flexibility index (Phi) is 4.15. The maximum absolute atomic E-state index is 12.8. The normalized spacial score (nSPS) is 30.7. The lowest BCUT2D eigenvalue weighted by molar-refractivity contribution is -0.141. The molecule has 24 heavy (non-hydrogen) atoms. The van der Waals surface area contributed by atoms with Gasteiger partial charge in [-0.3, -0.25) is 9.58 Å². The molecule has 1 aromatic rings. The molecule has 3 nitrogen and oxygen atoms in total. The van der Waals surface area contributed by atoms with Crippen LogP contribution in [0.15, 0.2) is 6.07 Å². The van der Waals surface area contributed by atoms with Crippen molar-refractivity contribution >= 4 is 11.8 Å². The molecule has 3 fully saturated rings. The minimum atomic E-state index is -4.35. The monoisotopic (exact) mass is 359 g/mol. The largest absolute Gasteiger partial charge is 0.435 e. The van der Waals surface area contributed by atoms with Gasteiger partial charge in [0.25, 0.3) is 0 Å². The highest BCUT2D eigenvalue weighted by Gasteiger charge is 2.45. The maximum Gasteiger partial charge on any atom is 0.435 e. The van der Waals surface area contributed by atoms with Crippen molar-refractivity contribution in [1.82, 2.24) is 14.7 Å². The van der Waals surface area contributed by atoms with Crippen molar-refractivity contribution in [3.05, 3.63) is 17.5 Å². The number of likely N-dealkylation sites (tertiary alicyclic amines) is 1. The molecule has 2 saturated heterocycles. The summed E-state index contributed by atoms with van der Waals surface area (Å²) in [5, 5.41) is 3.67. The molecule has 0 amide bonds. The van der Waals surface area contributed by atoms with Gasteiger partial charge < -0.3 is 0 Å². The molecule has 2 aliphatic heterocycles. The summed E-state index contributed by atoms with van der Waals surface area (Å²) >= 11 is 2.06. The molecule has 4 rings (SSSR count). The smallest absolute Gasteiger partial charge is 0.300 e. The molecule has 0 atom stereocenters. The summed E-state index contributed by atoms with van der Waals surface area (Å²) in [7, 11) is 1.63. The van der Waals surface area contributed by atoms with Gasteiger partial charge in [0.15, 0.2) is 5.69 Å². The topological polar surface area (TPSA) is 21.1 Å². The Morgan fingerprint density at radius 2 is 1.92 bits per heavy atom. The molecule has 0 radical (unpaired) electrons. The Morgan fingerprint density at radius 3 is 2.42 bits per heavy atom. The SMILES string of the molecule is Cn1nc(C(F)(F)F)cc1C1CCC(N2CCC3(CSC3)C2)CC1. The second-order valence-corrected chi connectivity index (χ2v) is 8.78.